The SMILES string of the molecule is CCCCCCCCCCCCCCCCCC(=O)c1ccc2ccccc2[n+]1Cc1ccccc1. The average molecular weight is 487 g/mol. The van der Waals surface area contributed by atoms with Gasteiger partial charge in [0.1, 0.15) is 0 Å². The number of nitrogens with zero attached hydrogens (tertiary/aromatic N) is 1. The fraction of sp³-hybridized carbons (Fsp3) is 0.529. The topological polar surface area (TPSA) is 20.9 Å². The van der Waals surface area contributed by atoms with Crippen LogP contribution >= 0.6 is 0 Å². The second-order valence-corrected chi connectivity index (χ2v) is 10.5. The van der Waals surface area contributed by atoms with E-state index in [1.54, 1.807) is 0 Å². The maximum Gasteiger partial charge on any atom is 0.249 e. The van der Waals surface area contributed by atoms with E-state index in [1.165, 1.54) is 94.4 Å². The molecule has 0 N–H and O–H groups in total. The summed E-state index contributed by atoms with van der Waals surface area (Å²) in [5.74, 6) is 0.270. The quantitative estimate of drug-likeness (QED) is 0.0938. The number of para-hydroxylation sites is 1. The molecule has 0 unspecified atom stereocenters. The molecule has 2 nitrogen and oxygen atoms in total. The van der Waals surface area contributed by atoms with Crippen LogP contribution in [0.4, 0.5) is 0 Å². The Morgan fingerprint density at radius 1 is 0.583 bits per heavy atom. The predicted molar refractivity (Wildman–Crippen MR) is 154 cm³/mol. The number of Topliss-reactive ketones (excluding diaryl/α,β-unsaturated/α-hetero) is 1. The number of pyridine rings is 1. The van der Waals surface area contributed by atoms with E-state index in [0.717, 1.165) is 30.6 Å². The van der Waals surface area contributed by atoms with Crippen molar-refractivity contribution in [3.05, 3.63) is 78.0 Å². The van der Waals surface area contributed by atoms with Crippen LogP contribution in [0.15, 0.2) is 66.7 Å². The standard InChI is InChI=1S/C34H48NO/c1-2-3-4-5-6-7-8-9-10-11-12-13-14-15-19-26-34(36)33-28-27-31-24-20-21-25-32(31)35(33)29-30-22-17-16-18-23-30/h16-18,20-25,27-28H,2-15,19,26,29H2,1H3/q+1. The number of hydrogen-bond donors (Lipinski definition) is 0. The third-order valence-electron chi connectivity index (χ3n) is 7.42. The highest BCUT2D eigenvalue weighted by molar-refractivity contribution is 5.94. The molecule has 0 aliphatic carbocycles. The lowest BCUT2D eigenvalue weighted by atomic mass is 10.0. The summed E-state index contributed by atoms with van der Waals surface area (Å²) >= 11 is 0. The summed E-state index contributed by atoms with van der Waals surface area (Å²) in [6.07, 6.45) is 20.8. The van der Waals surface area contributed by atoms with E-state index in [0.29, 0.717) is 6.42 Å². The lowest BCUT2D eigenvalue weighted by Gasteiger charge is -2.08. The van der Waals surface area contributed by atoms with E-state index in [4.69, 9.17) is 0 Å². The van der Waals surface area contributed by atoms with Crippen molar-refractivity contribution in [3.8, 4) is 0 Å². The number of hydrogen-bond acceptors (Lipinski definition) is 1. The molecule has 0 bridgehead atoms. The summed E-state index contributed by atoms with van der Waals surface area (Å²) in [4.78, 5) is 13.2. The molecule has 2 aromatic carbocycles. The maximum absolute atomic E-state index is 13.2. The van der Waals surface area contributed by atoms with Crippen LogP contribution in [0.25, 0.3) is 10.9 Å². The van der Waals surface area contributed by atoms with Crippen molar-refractivity contribution in [2.45, 2.75) is 116 Å². The maximum atomic E-state index is 13.2. The number of ketones is 1. The van der Waals surface area contributed by atoms with E-state index in [9.17, 15) is 4.79 Å². The molecule has 36 heavy (non-hydrogen) atoms. The Kier molecular flexibility index (Phi) is 13.3. The molecule has 0 aliphatic heterocycles. The molecule has 0 radical (unpaired) electrons. The number of benzene rings is 2. The van der Waals surface area contributed by atoms with Gasteiger partial charge in [-0.3, -0.25) is 4.79 Å². The summed E-state index contributed by atoms with van der Waals surface area (Å²) in [7, 11) is 0. The summed E-state index contributed by atoms with van der Waals surface area (Å²) in [6, 6.07) is 22.9. The smallest absolute Gasteiger partial charge is 0.249 e. The van der Waals surface area contributed by atoms with Gasteiger partial charge < -0.3 is 0 Å². The zero-order chi connectivity index (χ0) is 25.3. The van der Waals surface area contributed by atoms with Crippen molar-refractivity contribution in [2.75, 3.05) is 0 Å². The molecule has 194 valence electrons. The van der Waals surface area contributed by atoms with Crippen LogP contribution in [0, 0.1) is 0 Å². The highest BCUT2D eigenvalue weighted by Crippen LogP contribution is 2.16. The van der Waals surface area contributed by atoms with Crippen LogP contribution in [0.5, 0.6) is 0 Å². The first-order valence-corrected chi connectivity index (χ1v) is 14.8. The Morgan fingerprint density at radius 3 is 1.72 bits per heavy atom. The minimum atomic E-state index is 0.270. The first-order chi connectivity index (χ1) is 17.8. The van der Waals surface area contributed by atoms with E-state index in [1.807, 2.05) is 12.1 Å². The first-order valence-electron chi connectivity index (χ1n) is 14.8. The van der Waals surface area contributed by atoms with Gasteiger partial charge in [-0.1, -0.05) is 139 Å². The van der Waals surface area contributed by atoms with Gasteiger partial charge in [0, 0.05) is 29.5 Å². The van der Waals surface area contributed by atoms with Gasteiger partial charge in [0.2, 0.25) is 17.0 Å². The highest BCUT2D eigenvalue weighted by atomic mass is 16.1. The summed E-state index contributed by atoms with van der Waals surface area (Å²) in [5.41, 5.74) is 3.19. The van der Waals surface area contributed by atoms with Crippen LogP contribution in [0.2, 0.25) is 0 Å². The third kappa shape index (κ3) is 9.88. The number of carbonyl (C=O) groups is 1. The largest absolute Gasteiger partial charge is 0.287 e. The van der Waals surface area contributed by atoms with Gasteiger partial charge >= 0.3 is 0 Å². The number of carbonyl (C=O) groups excluding carboxylic acids is 1. The normalized spacial score (nSPS) is 11.2. The molecule has 0 saturated carbocycles. The van der Waals surface area contributed by atoms with Gasteiger partial charge in [-0.2, -0.15) is 4.57 Å². The van der Waals surface area contributed by atoms with Gasteiger partial charge in [-0.25, -0.2) is 0 Å². The third-order valence-corrected chi connectivity index (χ3v) is 7.42. The molecule has 2 heteroatoms. The van der Waals surface area contributed by atoms with Gasteiger partial charge in [0.25, 0.3) is 0 Å². The Bertz CT molecular complexity index is 1010. The number of fused-ring (bicyclic) bond motifs is 1. The van der Waals surface area contributed by atoms with Gasteiger partial charge in [-0.05, 0) is 18.6 Å². The molecule has 0 spiro atoms. The van der Waals surface area contributed by atoms with Crippen LogP contribution < -0.4 is 4.57 Å². The molecule has 0 aliphatic rings. The molecule has 3 rings (SSSR count). The molecular weight excluding hydrogens is 438 g/mol. The summed E-state index contributed by atoms with van der Waals surface area (Å²) < 4.78 is 2.21. The van der Waals surface area contributed by atoms with Crippen molar-refractivity contribution in [1.82, 2.24) is 0 Å². The van der Waals surface area contributed by atoms with E-state index in [-0.39, 0.29) is 5.78 Å². The minimum Gasteiger partial charge on any atom is -0.287 e. The molecular formula is C34H48NO+. The Morgan fingerprint density at radius 2 is 1.11 bits per heavy atom. The van der Waals surface area contributed by atoms with Gasteiger partial charge in [-0.15, -0.1) is 0 Å². The summed E-state index contributed by atoms with van der Waals surface area (Å²) in [5, 5.41) is 1.18. The second kappa shape index (κ2) is 17.1. The molecule has 0 amide bonds. The van der Waals surface area contributed by atoms with E-state index < -0.39 is 0 Å². The van der Waals surface area contributed by atoms with E-state index >= 15 is 0 Å². The van der Waals surface area contributed by atoms with Gasteiger partial charge in [0.15, 0.2) is 6.54 Å². The molecule has 0 saturated heterocycles. The number of rotatable bonds is 19. The van der Waals surface area contributed by atoms with Crippen LogP contribution in [0.3, 0.4) is 0 Å². The zero-order valence-electron chi connectivity index (χ0n) is 22.7. The molecule has 1 aromatic heterocycles. The van der Waals surface area contributed by atoms with E-state index in [2.05, 4.69) is 66.1 Å². The lowest BCUT2D eigenvalue weighted by molar-refractivity contribution is -0.664. The predicted octanol–water partition coefficient (Wildman–Crippen LogP) is 9.62. The summed E-state index contributed by atoms with van der Waals surface area (Å²) in [6.45, 7) is 3.01. The lowest BCUT2D eigenvalue weighted by Crippen LogP contribution is -2.41. The number of unbranched alkanes of at least 4 members (excludes halogenated alkanes) is 14. The van der Waals surface area contributed by atoms with Crippen molar-refractivity contribution >= 4 is 16.7 Å². The molecule has 0 atom stereocenters. The van der Waals surface area contributed by atoms with Crippen molar-refractivity contribution in [2.24, 2.45) is 0 Å². The Hall–Kier alpha value is -2.48. The van der Waals surface area contributed by atoms with Crippen LogP contribution in [0.1, 0.15) is 126 Å². The van der Waals surface area contributed by atoms with Crippen molar-refractivity contribution in [3.63, 3.8) is 0 Å². The highest BCUT2D eigenvalue weighted by Gasteiger charge is 2.22. The first kappa shape index (κ1) is 28.1. The number of aromatic nitrogens is 1. The molecule has 1 heterocycles. The van der Waals surface area contributed by atoms with Gasteiger partial charge in [0.05, 0.1) is 0 Å². The second-order valence-electron chi connectivity index (χ2n) is 10.5. The Labute approximate surface area is 220 Å². The van der Waals surface area contributed by atoms with Crippen molar-refractivity contribution < 1.29 is 9.36 Å². The average Bonchev–Trinajstić information content (AvgIpc) is 2.91. The molecule has 3 aromatic rings. The fourth-order valence-electron chi connectivity index (χ4n) is 5.23. The monoisotopic (exact) mass is 486 g/mol. The minimum absolute atomic E-state index is 0.270. The fourth-order valence-corrected chi connectivity index (χ4v) is 5.23. The molecule has 0 fully saturated rings. The zero-order valence-corrected chi connectivity index (χ0v) is 22.7. The van der Waals surface area contributed by atoms with Crippen LogP contribution in [-0.4, -0.2) is 5.78 Å². The Balaban J connectivity index is 1.34. The van der Waals surface area contributed by atoms with Crippen molar-refractivity contribution in [1.29, 1.82) is 0 Å². The van der Waals surface area contributed by atoms with Crippen LogP contribution in [-0.2, 0) is 6.54 Å².